The Bertz CT molecular complexity index is 2690. The lowest BCUT2D eigenvalue weighted by Crippen LogP contribution is -2.05. The summed E-state index contributed by atoms with van der Waals surface area (Å²) in [5, 5.41) is 5.08. The Morgan fingerprint density at radius 2 is 0.938 bits per heavy atom. The van der Waals surface area contributed by atoms with Gasteiger partial charge in [-0.3, -0.25) is 0 Å². The monoisotopic (exact) mass is 612 g/mol. The van der Waals surface area contributed by atoms with Crippen molar-refractivity contribution in [1.82, 2.24) is 9.13 Å². The molecular weight excluding hydrogens is 581 g/mol. The number of nitrogens with zero attached hydrogens (tertiary/aromatic N) is 2. The third kappa shape index (κ3) is 4.13. The molecule has 1 unspecified atom stereocenters. The van der Waals surface area contributed by atoms with Gasteiger partial charge in [-0.2, -0.15) is 0 Å². The number of hydrogen-bond acceptors (Lipinski definition) is 0. The van der Waals surface area contributed by atoms with Crippen LogP contribution in [0.2, 0.25) is 0 Å². The summed E-state index contributed by atoms with van der Waals surface area (Å²) in [5.41, 5.74) is 13.8. The minimum Gasteiger partial charge on any atom is -0.309 e. The summed E-state index contributed by atoms with van der Waals surface area (Å²) in [5.74, 6) is 0.389. The highest BCUT2D eigenvalue weighted by Gasteiger charge is 2.20. The van der Waals surface area contributed by atoms with Crippen LogP contribution >= 0.6 is 0 Å². The molecule has 2 heteroatoms. The summed E-state index contributed by atoms with van der Waals surface area (Å²) in [6, 6.07) is 60.1. The second kappa shape index (κ2) is 10.7. The molecule has 2 aromatic heterocycles. The van der Waals surface area contributed by atoms with Crippen LogP contribution in [0.15, 0.2) is 170 Å². The first-order valence-electron chi connectivity index (χ1n) is 16.8. The zero-order chi connectivity index (χ0) is 31.6. The van der Waals surface area contributed by atoms with Gasteiger partial charge in [-0.15, -0.1) is 0 Å². The van der Waals surface area contributed by atoms with Crippen molar-refractivity contribution in [2.24, 2.45) is 0 Å². The summed E-state index contributed by atoms with van der Waals surface area (Å²) < 4.78 is 4.80. The molecule has 9 aromatic rings. The molecule has 2 heterocycles. The Balaban J connectivity index is 1.09. The summed E-state index contributed by atoms with van der Waals surface area (Å²) in [4.78, 5) is 0. The van der Waals surface area contributed by atoms with E-state index in [4.69, 9.17) is 0 Å². The largest absolute Gasteiger partial charge is 0.309 e. The SMILES string of the molecule is C1=Cc2ccccc2C(c2ccc(-n3c4ccccc4c4cc(-c5ccc6c(c5)c5ccccc5n6-c5ccccc5)ccc43)cc2)C1. The molecule has 0 saturated carbocycles. The van der Waals surface area contributed by atoms with Crippen LogP contribution in [-0.4, -0.2) is 9.13 Å². The van der Waals surface area contributed by atoms with Gasteiger partial charge in [0.2, 0.25) is 0 Å². The van der Waals surface area contributed by atoms with Gasteiger partial charge in [0.15, 0.2) is 0 Å². The van der Waals surface area contributed by atoms with E-state index in [1.807, 2.05) is 0 Å². The van der Waals surface area contributed by atoms with Gasteiger partial charge in [-0.25, -0.2) is 0 Å². The van der Waals surface area contributed by atoms with E-state index in [9.17, 15) is 0 Å². The van der Waals surface area contributed by atoms with Crippen molar-refractivity contribution in [2.75, 3.05) is 0 Å². The van der Waals surface area contributed by atoms with Crippen molar-refractivity contribution in [2.45, 2.75) is 12.3 Å². The second-order valence-corrected chi connectivity index (χ2v) is 12.9. The van der Waals surface area contributed by atoms with E-state index in [1.54, 1.807) is 0 Å². The first-order valence-corrected chi connectivity index (χ1v) is 16.8. The maximum Gasteiger partial charge on any atom is 0.0541 e. The number of hydrogen-bond donors (Lipinski definition) is 0. The molecule has 0 aliphatic heterocycles. The summed E-state index contributed by atoms with van der Waals surface area (Å²) in [6.45, 7) is 0. The van der Waals surface area contributed by atoms with Crippen LogP contribution < -0.4 is 0 Å². The Morgan fingerprint density at radius 3 is 1.58 bits per heavy atom. The van der Waals surface area contributed by atoms with Crippen molar-refractivity contribution in [3.05, 3.63) is 187 Å². The average Bonchev–Trinajstić information content (AvgIpc) is 3.67. The predicted octanol–water partition coefficient (Wildman–Crippen LogP) is 12.1. The number of rotatable bonds is 4. The van der Waals surface area contributed by atoms with Gasteiger partial charge in [0.05, 0.1) is 22.1 Å². The summed E-state index contributed by atoms with van der Waals surface area (Å²) in [6.07, 6.45) is 5.60. The van der Waals surface area contributed by atoms with Crippen LogP contribution in [-0.2, 0) is 0 Å². The standard InChI is InChI=1S/C46H32N2/c1-2-13-35(14-3-1)47-43-19-8-6-16-39(43)41-29-33(23-27-45(41)47)34-24-28-46-42(30-34)40-17-7-9-20-44(40)48(46)36-25-21-32(22-26-36)38-18-10-12-31-11-4-5-15-37(31)38/h1-17,19-30,38H,18H2. The Labute approximate surface area is 279 Å². The Hall–Kier alpha value is -6.12. The lowest BCUT2D eigenvalue weighted by Gasteiger charge is -2.22. The molecule has 0 bridgehead atoms. The molecule has 0 N–H and O–H groups in total. The molecule has 1 aliphatic carbocycles. The lowest BCUT2D eigenvalue weighted by molar-refractivity contribution is 0.819. The van der Waals surface area contributed by atoms with Gasteiger partial charge in [-0.05, 0) is 94.9 Å². The fraction of sp³-hybridized carbons (Fsp3) is 0.0435. The van der Waals surface area contributed by atoms with Crippen LogP contribution in [0.3, 0.4) is 0 Å². The maximum atomic E-state index is 2.42. The van der Waals surface area contributed by atoms with E-state index in [1.165, 1.54) is 82.8 Å². The number of benzene rings is 7. The van der Waals surface area contributed by atoms with Gasteiger partial charge in [0.25, 0.3) is 0 Å². The summed E-state index contributed by atoms with van der Waals surface area (Å²) in [7, 11) is 0. The smallest absolute Gasteiger partial charge is 0.0541 e. The van der Waals surface area contributed by atoms with Crippen LogP contribution in [0.25, 0.3) is 72.2 Å². The van der Waals surface area contributed by atoms with Gasteiger partial charge >= 0.3 is 0 Å². The van der Waals surface area contributed by atoms with E-state index in [2.05, 4.69) is 185 Å². The minimum absolute atomic E-state index is 0.389. The van der Waals surface area contributed by atoms with E-state index in [0.717, 1.165) is 6.42 Å². The fourth-order valence-electron chi connectivity index (χ4n) is 8.05. The first-order chi connectivity index (χ1) is 23.8. The highest BCUT2D eigenvalue weighted by Crippen LogP contribution is 2.39. The first kappa shape index (κ1) is 27.0. The maximum absolute atomic E-state index is 2.42. The highest BCUT2D eigenvalue weighted by molar-refractivity contribution is 6.12. The van der Waals surface area contributed by atoms with Gasteiger partial charge in [0, 0.05) is 38.8 Å². The van der Waals surface area contributed by atoms with Crippen LogP contribution in [0.5, 0.6) is 0 Å². The number of allylic oxidation sites excluding steroid dienone is 1. The molecule has 226 valence electrons. The third-order valence-electron chi connectivity index (χ3n) is 10.3. The molecule has 1 atom stereocenters. The van der Waals surface area contributed by atoms with Crippen molar-refractivity contribution < 1.29 is 0 Å². The molecule has 2 nitrogen and oxygen atoms in total. The fourth-order valence-corrected chi connectivity index (χ4v) is 8.05. The van der Waals surface area contributed by atoms with E-state index >= 15 is 0 Å². The lowest BCUT2D eigenvalue weighted by atomic mass is 9.82. The molecule has 0 radical (unpaired) electrons. The van der Waals surface area contributed by atoms with Crippen molar-refractivity contribution in [1.29, 1.82) is 0 Å². The van der Waals surface area contributed by atoms with E-state index < -0.39 is 0 Å². The molecular formula is C46H32N2. The van der Waals surface area contributed by atoms with Crippen LogP contribution in [0.1, 0.15) is 29.0 Å². The zero-order valence-corrected chi connectivity index (χ0v) is 26.4. The van der Waals surface area contributed by atoms with Gasteiger partial charge in [0.1, 0.15) is 0 Å². The molecule has 0 spiro atoms. The molecule has 1 aliphatic rings. The topological polar surface area (TPSA) is 9.86 Å². The number of para-hydroxylation sites is 3. The van der Waals surface area contributed by atoms with Crippen molar-refractivity contribution in [3.8, 4) is 22.5 Å². The molecule has 0 amide bonds. The van der Waals surface area contributed by atoms with Crippen molar-refractivity contribution >= 4 is 49.7 Å². The van der Waals surface area contributed by atoms with Crippen LogP contribution in [0.4, 0.5) is 0 Å². The number of aromatic nitrogens is 2. The Morgan fingerprint density at radius 1 is 0.417 bits per heavy atom. The minimum atomic E-state index is 0.389. The highest BCUT2D eigenvalue weighted by atomic mass is 15.0. The molecule has 48 heavy (non-hydrogen) atoms. The molecule has 10 rings (SSSR count). The average molecular weight is 613 g/mol. The molecule has 0 fully saturated rings. The third-order valence-corrected chi connectivity index (χ3v) is 10.3. The second-order valence-electron chi connectivity index (χ2n) is 12.9. The van der Waals surface area contributed by atoms with Crippen molar-refractivity contribution in [3.63, 3.8) is 0 Å². The van der Waals surface area contributed by atoms with E-state index in [-0.39, 0.29) is 0 Å². The normalized spacial score (nSPS) is 14.3. The summed E-state index contributed by atoms with van der Waals surface area (Å²) >= 11 is 0. The number of fused-ring (bicyclic) bond motifs is 7. The quantitative estimate of drug-likeness (QED) is 0.187. The molecule has 7 aromatic carbocycles. The zero-order valence-electron chi connectivity index (χ0n) is 26.4. The van der Waals surface area contributed by atoms with Gasteiger partial charge < -0.3 is 9.13 Å². The Kier molecular flexibility index (Phi) is 6.04. The molecule has 0 saturated heterocycles. The van der Waals surface area contributed by atoms with E-state index in [0.29, 0.717) is 5.92 Å². The van der Waals surface area contributed by atoms with Gasteiger partial charge in [-0.1, -0.05) is 115 Å². The van der Waals surface area contributed by atoms with Crippen LogP contribution in [0, 0.1) is 0 Å². The predicted molar refractivity (Wildman–Crippen MR) is 202 cm³/mol.